The maximum absolute atomic E-state index is 5.52. The molecule has 1 atom stereocenters. The van der Waals surface area contributed by atoms with Gasteiger partial charge in [0.15, 0.2) is 0 Å². The Kier molecular flexibility index (Phi) is 3.75. The van der Waals surface area contributed by atoms with E-state index >= 15 is 0 Å². The zero-order chi connectivity index (χ0) is 13.9. The van der Waals surface area contributed by atoms with Gasteiger partial charge in [-0.15, -0.1) is 0 Å². The van der Waals surface area contributed by atoms with Crippen molar-refractivity contribution in [2.45, 2.75) is 18.9 Å². The van der Waals surface area contributed by atoms with Gasteiger partial charge in [0, 0.05) is 11.6 Å². The van der Waals surface area contributed by atoms with Crippen molar-refractivity contribution in [1.82, 2.24) is 5.32 Å². The molecule has 0 spiro atoms. The van der Waals surface area contributed by atoms with Gasteiger partial charge in [0.25, 0.3) is 0 Å². The van der Waals surface area contributed by atoms with E-state index in [4.69, 9.17) is 4.74 Å². The number of fused-ring (bicyclic) bond motifs is 1. The Morgan fingerprint density at radius 1 is 1.00 bits per heavy atom. The highest BCUT2D eigenvalue weighted by Crippen LogP contribution is 2.37. The molecule has 0 aliphatic heterocycles. The number of benzene rings is 2. The summed E-state index contributed by atoms with van der Waals surface area (Å²) in [5.41, 5.74) is 4.25. The normalized spacial score (nSPS) is 15.9. The van der Waals surface area contributed by atoms with E-state index in [0.29, 0.717) is 12.0 Å². The maximum Gasteiger partial charge on any atom is 0.123 e. The standard InChI is InChI=1S/C18H21NO/c1-19-18(16-9-5-6-10-17(16)20-2)15-11-13-7-3-4-8-14(13)12-15/h3-10,15,18-19H,11-12H2,1-2H3. The van der Waals surface area contributed by atoms with Crippen LogP contribution in [0.3, 0.4) is 0 Å². The molecule has 0 amide bonds. The van der Waals surface area contributed by atoms with Gasteiger partial charge in [-0.3, -0.25) is 0 Å². The van der Waals surface area contributed by atoms with E-state index in [9.17, 15) is 0 Å². The first-order valence-electron chi connectivity index (χ1n) is 7.20. The second-order valence-corrected chi connectivity index (χ2v) is 5.45. The van der Waals surface area contributed by atoms with Gasteiger partial charge in [0.1, 0.15) is 5.75 Å². The summed E-state index contributed by atoms with van der Waals surface area (Å²) in [6.45, 7) is 0. The predicted molar refractivity (Wildman–Crippen MR) is 82.1 cm³/mol. The highest BCUT2D eigenvalue weighted by molar-refractivity contribution is 5.39. The Hall–Kier alpha value is -1.80. The van der Waals surface area contributed by atoms with Gasteiger partial charge in [-0.2, -0.15) is 0 Å². The lowest BCUT2D eigenvalue weighted by Gasteiger charge is -2.25. The molecule has 0 saturated heterocycles. The summed E-state index contributed by atoms with van der Waals surface area (Å²) < 4.78 is 5.52. The molecule has 0 radical (unpaired) electrons. The number of hydrogen-bond donors (Lipinski definition) is 1. The summed E-state index contributed by atoms with van der Waals surface area (Å²) in [5.74, 6) is 1.57. The van der Waals surface area contributed by atoms with Gasteiger partial charge in [0.2, 0.25) is 0 Å². The summed E-state index contributed by atoms with van der Waals surface area (Å²) in [6, 6.07) is 17.4. The van der Waals surface area contributed by atoms with Crippen molar-refractivity contribution in [3.05, 3.63) is 65.2 Å². The van der Waals surface area contributed by atoms with Crippen LogP contribution >= 0.6 is 0 Å². The number of methoxy groups -OCH3 is 1. The van der Waals surface area contributed by atoms with E-state index in [1.54, 1.807) is 7.11 Å². The molecule has 1 unspecified atom stereocenters. The van der Waals surface area contributed by atoms with E-state index in [2.05, 4.69) is 41.7 Å². The second kappa shape index (κ2) is 5.68. The van der Waals surface area contributed by atoms with Crippen LogP contribution in [0.2, 0.25) is 0 Å². The van der Waals surface area contributed by atoms with Gasteiger partial charge >= 0.3 is 0 Å². The van der Waals surface area contributed by atoms with Gasteiger partial charge in [-0.25, -0.2) is 0 Å². The Bertz CT molecular complexity index is 568. The SMILES string of the molecule is CNC(c1ccccc1OC)C1Cc2ccccc2C1. The maximum atomic E-state index is 5.52. The van der Waals surface area contributed by atoms with Crippen molar-refractivity contribution in [3.63, 3.8) is 0 Å². The minimum absolute atomic E-state index is 0.332. The Balaban J connectivity index is 1.89. The number of hydrogen-bond acceptors (Lipinski definition) is 2. The zero-order valence-electron chi connectivity index (χ0n) is 12.1. The first-order chi connectivity index (χ1) is 9.83. The fraction of sp³-hybridized carbons (Fsp3) is 0.333. The van der Waals surface area contributed by atoms with E-state index in [1.165, 1.54) is 16.7 Å². The van der Waals surface area contributed by atoms with Crippen LogP contribution in [0.4, 0.5) is 0 Å². The third-order valence-electron chi connectivity index (χ3n) is 4.34. The molecule has 2 aromatic carbocycles. The first kappa shape index (κ1) is 13.2. The van der Waals surface area contributed by atoms with Crippen molar-refractivity contribution in [3.8, 4) is 5.75 Å². The molecule has 1 aliphatic rings. The van der Waals surface area contributed by atoms with E-state index < -0.39 is 0 Å². The lowest BCUT2D eigenvalue weighted by atomic mass is 9.90. The fourth-order valence-corrected chi connectivity index (χ4v) is 3.40. The molecular formula is C18H21NO. The summed E-state index contributed by atoms with van der Waals surface area (Å²) in [5, 5.41) is 3.49. The third kappa shape index (κ3) is 2.32. The first-order valence-corrected chi connectivity index (χ1v) is 7.20. The van der Waals surface area contributed by atoms with E-state index in [-0.39, 0.29) is 0 Å². The van der Waals surface area contributed by atoms with Crippen LogP contribution in [0.5, 0.6) is 5.75 Å². The van der Waals surface area contributed by atoms with Crippen LogP contribution in [0, 0.1) is 5.92 Å². The van der Waals surface area contributed by atoms with Crippen molar-refractivity contribution in [2.24, 2.45) is 5.92 Å². The quantitative estimate of drug-likeness (QED) is 0.917. The van der Waals surface area contributed by atoms with Gasteiger partial charge in [-0.05, 0) is 43.0 Å². The smallest absolute Gasteiger partial charge is 0.123 e. The number of ether oxygens (including phenoxy) is 1. The monoisotopic (exact) mass is 267 g/mol. The largest absolute Gasteiger partial charge is 0.496 e. The molecule has 0 bridgehead atoms. The lowest BCUT2D eigenvalue weighted by Crippen LogP contribution is -2.26. The third-order valence-corrected chi connectivity index (χ3v) is 4.34. The van der Waals surface area contributed by atoms with Gasteiger partial charge in [-0.1, -0.05) is 42.5 Å². The molecule has 0 fully saturated rings. The number of rotatable bonds is 4. The summed E-state index contributed by atoms with van der Waals surface area (Å²) in [4.78, 5) is 0. The fourth-order valence-electron chi connectivity index (χ4n) is 3.40. The van der Waals surface area contributed by atoms with E-state index in [1.807, 2.05) is 19.2 Å². The van der Waals surface area contributed by atoms with Crippen molar-refractivity contribution in [2.75, 3.05) is 14.2 Å². The minimum Gasteiger partial charge on any atom is -0.496 e. The van der Waals surface area contributed by atoms with Crippen LogP contribution in [0.25, 0.3) is 0 Å². The highest BCUT2D eigenvalue weighted by atomic mass is 16.5. The Morgan fingerprint density at radius 2 is 1.60 bits per heavy atom. The van der Waals surface area contributed by atoms with Crippen molar-refractivity contribution < 1.29 is 4.74 Å². The van der Waals surface area contributed by atoms with Crippen LogP contribution < -0.4 is 10.1 Å². The molecule has 2 heteroatoms. The summed E-state index contributed by atoms with van der Waals surface area (Å²) in [7, 11) is 3.79. The van der Waals surface area contributed by atoms with Crippen LogP contribution in [0.15, 0.2) is 48.5 Å². The molecule has 2 nitrogen and oxygen atoms in total. The summed E-state index contributed by atoms with van der Waals surface area (Å²) >= 11 is 0. The Labute approximate surface area is 120 Å². The molecule has 0 heterocycles. The predicted octanol–water partition coefficient (Wildman–Crippen LogP) is 3.37. The molecule has 0 aromatic heterocycles. The highest BCUT2D eigenvalue weighted by Gasteiger charge is 2.29. The van der Waals surface area contributed by atoms with Crippen molar-refractivity contribution in [1.29, 1.82) is 0 Å². The molecule has 1 aliphatic carbocycles. The average Bonchev–Trinajstić information content (AvgIpc) is 2.92. The van der Waals surface area contributed by atoms with E-state index in [0.717, 1.165) is 18.6 Å². The topological polar surface area (TPSA) is 21.3 Å². The molecule has 104 valence electrons. The Morgan fingerprint density at radius 3 is 2.20 bits per heavy atom. The second-order valence-electron chi connectivity index (χ2n) is 5.45. The molecule has 2 aromatic rings. The van der Waals surface area contributed by atoms with Gasteiger partial charge in [0.05, 0.1) is 7.11 Å². The molecule has 3 rings (SSSR count). The lowest BCUT2D eigenvalue weighted by molar-refractivity contribution is 0.363. The van der Waals surface area contributed by atoms with Crippen LogP contribution in [-0.4, -0.2) is 14.2 Å². The zero-order valence-corrected chi connectivity index (χ0v) is 12.1. The molecule has 0 saturated carbocycles. The molecular weight excluding hydrogens is 246 g/mol. The van der Waals surface area contributed by atoms with Gasteiger partial charge < -0.3 is 10.1 Å². The van der Waals surface area contributed by atoms with Crippen LogP contribution in [0.1, 0.15) is 22.7 Å². The molecule has 1 N–H and O–H groups in total. The summed E-state index contributed by atoms with van der Waals surface area (Å²) in [6.07, 6.45) is 2.28. The number of para-hydroxylation sites is 1. The minimum atomic E-state index is 0.332. The average molecular weight is 267 g/mol. The molecule has 20 heavy (non-hydrogen) atoms. The number of nitrogens with one attached hydrogen (secondary N) is 1. The van der Waals surface area contributed by atoms with Crippen LogP contribution in [-0.2, 0) is 12.8 Å². The van der Waals surface area contributed by atoms with Crippen molar-refractivity contribution >= 4 is 0 Å².